The predicted molar refractivity (Wildman–Crippen MR) is 143 cm³/mol. The lowest BCUT2D eigenvalue weighted by atomic mass is 10.1. The van der Waals surface area contributed by atoms with Crippen molar-refractivity contribution >= 4 is 74.3 Å². The second-order valence-electron chi connectivity index (χ2n) is 7.64. The zero-order chi connectivity index (χ0) is 22.9. The SMILES string of the molecule is CCCCCCCN1C(=O)CC(C(=O)Nc2ccc(I)cc2)SC1=Nc1ccc(Cl)cc1. The molecule has 0 saturated carbocycles. The molecule has 8 heteroatoms. The van der Waals surface area contributed by atoms with E-state index in [-0.39, 0.29) is 18.2 Å². The summed E-state index contributed by atoms with van der Waals surface area (Å²) in [5.41, 5.74) is 1.43. The van der Waals surface area contributed by atoms with Gasteiger partial charge in [-0.1, -0.05) is 56.0 Å². The number of unbranched alkanes of at least 4 members (excludes halogenated alkanes) is 4. The van der Waals surface area contributed by atoms with Crippen molar-refractivity contribution in [2.24, 2.45) is 4.99 Å². The van der Waals surface area contributed by atoms with Crippen LogP contribution in [0.3, 0.4) is 0 Å². The Balaban J connectivity index is 1.74. The fourth-order valence-electron chi connectivity index (χ4n) is 3.32. The van der Waals surface area contributed by atoms with E-state index in [4.69, 9.17) is 16.6 Å². The molecule has 32 heavy (non-hydrogen) atoms. The standard InChI is InChI=1S/C24H27ClIN3O2S/c1-2-3-4-5-6-15-29-22(30)16-21(23(31)27-19-13-9-18(26)10-14-19)32-24(29)28-20-11-7-17(25)8-12-20/h7-14,21H,2-6,15-16H2,1H3,(H,27,31). The van der Waals surface area contributed by atoms with E-state index in [1.165, 1.54) is 24.6 Å². The lowest BCUT2D eigenvalue weighted by Gasteiger charge is -2.32. The van der Waals surface area contributed by atoms with Gasteiger partial charge in [-0.2, -0.15) is 0 Å². The lowest BCUT2D eigenvalue weighted by molar-refractivity contribution is -0.129. The van der Waals surface area contributed by atoms with Gasteiger partial charge in [0.25, 0.3) is 0 Å². The van der Waals surface area contributed by atoms with E-state index in [1.807, 2.05) is 36.4 Å². The number of thioether (sulfide) groups is 1. The predicted octanol–water partition coefficient (Wildman–Crippen LogP) is 6.88. The van der Waals surface area contributed by atoms with Gasteiger partial charge in [-0.3, -0.25) is 14.5 Å². The molecule has 1 saturated heterocycles. The number of amidine groups is 1. The van der Waals surface area contributed by atoms with Gasteiger partial charge in [0, 0.05) is 27.2 Å². The number of nitrogens with zero attached hydrogens (tertiary/aromatic N) is 2. The quantitative estimate of drug-likeness (QED) is 0.259. The van der Waals surface area contributed by atoms with E-state index in [0.717, 1.165) is 28.5 Å². The van der Waals surface area contributed by atoms with Crippen LogP contribution in [0.1, 0.15) is 45.4 Å². The van der Waals surface area contributed by atoms with Crippen molar-refractivity contribution in [3.63, 3.8) is 0 Å². The second-order valence-corrected chi connectivity index (χ2v) is 10.5. The number of carbonyl (C=O) groups excluding carboxylic acids is 2. The van der Waals surface area contributed by atoms with Crippen molar-refractivity contribution in [2.45, 2.75) is 50.7 Å². The summed E-state index contributed by atoms with van der Waals surface area (Å²) in [6, 6.07) is 14.8. The molecular weight excluding hydrogens is 557 g/mol. The summed E-state index contributed by atoms with van der Waals surface area (Å²) in [6.07, 6.45) is 5.71. The normalized spacial score (nSPS) is 17.6. The molecule has 0 bridgehead atoms. The van der Waals surface area contributed by atoms with Crippen molar-refractivity contribution in [2.75, 3.05) is 11.9 Å². The number of hydrogen-bond acceptors (Lipinski definition) is 4. The summed E-state index contributed by atoms with van der Waals surface area (Å²) in [7, 11) is 0. The summed E-state index contributed by atoms with van der Waals surface area (Å²) in [5, 5.41) is 3.60. The maximum atomic E-state index is 13.0. The minimum absolute atomic E-state index is 0.0604. The van der Waals surface area contributed by atoms with Crippen molar-refractivity contribution < 1.29 is 9.59 Å². The molecule has 1 unspecified atom stereocenters. The number of benzene rings is 2. The molecule has 0 spiro atoms. The van der Waals surface area contributed by atoms with Gasteiger partial charge in [0.05, 0.1) is 5.69 Å². The number of rotatable bonds is 9. The number of nitrogens with one attached hydrogen (secondary N) is 1. The fourth-order valence-corrected chi connectivity index (χ4v) is 4.93. The smallest absolute Gasteiger partial charge is 0.238 e. The molecule has 0 aliphatic carbocycles. The molecule has 0 radical (unpaired) electrons. The highest BCUT2D eigenvalue weighted by molar-refractivity contribution is 14.1. The molecule has 2 amide bonds. The van der Waals surface area contributed by atoms with Gasteiger partial charge < -0.3 is 5.32 Å². The Hall–Kier alpha value is -1.58. The minimum atomic E-state index is -0.524. The minimum Gasteiger partial charge on any atom is -0.325 e. The third kappa shape index (κ3) is 7.49. The van der Waals surface area contributed by atoms with Crippen LogP contribution >= 0.6 is 46.0 Å². The Morgan fingerprint density at radius 1 is 1.12 bits per heavy atom. The molecule has 2 aromatic rings. The highest BCUT2D eigenvalue weighted by Crippen LogP contribution is 2.30. The number of anilines is 1. The van der Waals surface area contributed by atoms with E-state index >= 15 is 0 Å². The summed E-state index contributed by atoms with van der Waals surface area (Å²) in [4.78, 5) is 32.4. The van der Waals surface area contributed by atoms with E-state index in [1.54, 1.807) is 17.0 Å². The van der Waals surface area contributed by atoms with E-state index in [0.29, 0.717) is 22.4 Å². The van der Waals surface area contributed by atoms with Crippen molar-refractivity contribution in [3.8, 4) is 0 Å². The largest absolute Gasteiger partial charge is 0.325 e. The van der Waals surface area contributed by atoms with Crippen LogP contribution in [0.25, 0.3) is 0 Å². The molecule has 0 aromatic heterocycles. The lowest BCUT2D eigenvalue weighted by Crippen LogP contribution is -2.45. The van der Waals surface area contributed by atoms with Crippen molar-refractivity contribution in [1.29, 1.82) is 0 Å². The summed E-state index contributed by atoms with van der Waals surface area (Å²) < 4.78 is 1.09. The number of hydrogen-bond donors (Lipinski definition) is 1. The summed E-state index contributed by atoms with van der Waals surface area (Å²) in [6.45, 7) is 2.80. The van der Waals surface area contributed by atoms with Crippen molar-refractivity contribution in [1.82, 2.24) is 4.90 Å². The van der Waals surface area contributed by atoms with Gasteiger partial charge in [0.1, 0.15) is 5.25 Å². The van der Waals surface area contributed by atoms with Gasteiger partial charge in [-0.15, -0.1) is 0 Å². The molecule has 1 fully saturated rings. The molecule has 1 atom stereocenters. The zero-order valence-corrected chi connectivity index (χ0v) is 21.8. The number of aliphatic imine (C=N–C) groups is 1. The Morgan fingerprint density at radius 3 is 2.50 bits per heavy atom. The number of halogens is 2. The van der Waals surface area contributed by atoms with Crippen LogP contribution in [-0.2, 0) is 9.59 Å². The fraction of sp³-hybridized carbons (Fsp3) is 0.375. The molecule has 5 nitrogen and oxygen atoms in total. The second kappa shape index (κ2) is 12.6. The van der Waals surface area contributed by atoms with Gasteiger partial charge in [-0.05, 0) is 77.5 Å². The average molecular weight is 584 g/mol. The van der Waals surface area contributed by atoms with E-state index < -0.39 is 5.25 Å². The van der Waals surface area contributed by atoms with Gasteiger partial charge in [0.15, 0.2) is 5.17 Å². The molecule has 2 aromatic carbocycles. The highest BCUT2D eigenvalue weighted by atomic mass is 127. The van der Waals surface area contributed by atoms with Crippen molar-refractivity contribution in [3.05, 3.63) is 57.1 Å². The summed E-state index contributed by atoms with van der Waals surface area (Å²) in [5.74, 6) is -0.245. The molecule has 1 N–H and O–H groups in total. The van der Waals surface area contributed by atoms with Crippen LogP contribution in [0.2, 0.25) is 5.02 Å². The van der Waals surface area contributed by atoms with Gasteiger partial charge in [-0.25, -0.2) is 4.99 Å². The number of carbonyl (C=O) groups is 2. The molecule has 1 heterocycles. The third-order valence-corrected chi connectivity index (χ3v) is 7.24. The molecule has 3 rings (SSSR count). The van der Waals surface area contributed by atoms with Crippen LogP contribution in [0.15, 0.2) is 53.5 Å². The third-order valence-electron chi connectivity index (χ3n) is 5.08. The molecule has 1 aliphatic heterocycles. The molecule has 170 valence electrons. The Kier molecular flexibility index (Phi) is 9.87. The first kappa shape index (κ1) is 25.1. The van der Waals surface area contributed by atoms with Crippen LogP contribution in [0, 0.1) is 3.57 Å². The average Bonchev–Trinajstić information content (AvgIpc) is 2.78. The first-order valence-corrected chi connectivity index (χ1v) is 13.2. The number of amides is 2. The Morgan fingerprint density at radius 2 is 1.81 bits per heavy atom. The molecule has 1 aliphatic rings. The first-order chi connectivity index (χ1) is 15.5. The van der Waals surface area contributed by atoms with Crippen LogP contribution in [0.5, 0.6) is 0 Å². The Labute approximate surface area is 212 Å². The Bertz CT molecular complexity index is 951. The molecular formula is C24H27ClIN3O2S. The van der Waals surface area contributed by atoms with Crippen LogP contribution in [0.4, 0.5) is 11.4 Å². The monoisotopic (exact) mass is 583 g/mol. The van der Waals surface area contributed by atoms with Gasteiger partial charge in [0.2, 0.25) is 11.8 Å². The summed E-state index contributed by atoms with van der Waals surface area (Å²) >= 11 is 9.57. The maximum absolute atomic E-state index is 13.0. The topological polar surface area (TPSA) is 61.8 Å². The van der Waals surface area contributed by atoms with E-state index in [2.05, 4.69) is 34.8 Å². The zero-order valence-electron chi connectivity index (χ0n) is 18.0. The first-order valence-electron chi connectivity index (χ1n) is 10.8. The van der Waals surface area contributed by atoms with Gasteiger partial charge >= 0.3 is 0 Å². The van der Waals surface area contributed by atoms with E-state index in [9.17, 15) is 9.59 Å². The van der Waals surface area contributed by atoms with Crippen LogP contribution in [-0.4, -0.2) is 33.7 Å². The maximum Gasteiger partial charge on any atom is 0.238 e. The van der Waals surface area contributed by atoms with Crippen LogP contribution < -0.4 is 5.32 Å². The highest BCUT2D eigenvalue weighted by Gasteiger charge is 2.35.